The predicted octanol–water partition coefficient (Wildman–Crippen LogP) is 2.70. The van der Waals surface area contributed by atoms with Crippen molar-refractivity contribution in [3.63, 3.8) is 0 Å². The Morgan fingerprint density at radius 2 is 1.81 bits per heavy atom. The van der Waals surface area contributed by atoms with Crippen molar-refractivity contribution in [3.8, 4) is 11.5 Å². The molecule has 0 aliphatic carbocycles. The van der Waals surface area contributed by atoms with Gasteiger partial charge in [-0.1, -0.05) is 12.1 Å². The zero-order valence-corrected chi connectivity index (χ0v) is 18.0. The Morgan fingerprint density at radius 1 is 1.10 bits per heavy atom. The lowest BCUT2D eigenvalue weighted by molar-refractivity contribution is -0.126. The number of nitrogens with one attached hydrogen (secondary N) is 1. The van der Waals surface area contributed by atoms with Gasteiger partial charge in [0.15, 0.2) is 23.1 Å². The van der Waals surface area contributed by atoms with Crippen molar-refractivity contribution in [1.29, 1.82) is 0 Å². The Hall–Kier alpha value is -2.72. The number of hydrogen-bond acceptors (Lipinski definition) is 5. The lowest BCUT2D eigenvalue weighted by Gasteiger charge is -2.30. The molecule has 0 atom stereocenters. The van der Waals surface area contributed by atoms with E-state index < -0.39 is 21.7 Å². The van der Waals surface area contributed by atoms with Crippen LogP contribution in [0.5, 0.6) is 11.5 Å². The Kier molecular flexibility index (Phi) is 7.11. The summed E-state index contributed by atoms with van der Waals surface area (Å²) in [5, 5.41) is 2.86. The molecule has 7 nitrogen and oxygen atoms in total. The van der Waals surface area contributed by atoms with E-state index >= 15 is 0 Å². The van der Waals surface area contributed by atoms with Crippen LogP contribution in [0.25, 0.3) is 0 Å². The van der Waals surface area contributed by atoms with Crippen LogP contribution in [0, 0.1) is 17.6 Å². The largest absolute Gasteiger partial charge is 0.493 e. The maximum atomic E-state index is 13.4. The van der Waals surface area contributed by atoms with Crippen molar-refractivity contribution < 1.29 is 31.5 Å². The van der Waals surface area contributed by atoms with Crippen molar-refractivity contribution in [1.82, 2.24) is 9.62 Å². The van der Waals surface area contributed by atoms with E-state index in [9.17, 15) is 22.0 Å². The Labute approximate surface area is 180 Å². The molecule has 31 heavy (non-hydrogen) atoms. The number of amides is 1. The summed E-state index contributed by atoms with van der Waals surface area (Å²) < 4.78 is 63.7. The SMILES string of the molecule is COc1cccc(CNC(=O)C2CCN(S(=O)(=O)c3ccc(F)c(F)c3)CC2)c1OC. The van der Waals surface area contributed by atoms with E-state index in [4.69, 9.17) is 9.47 Å². The molecule has 0 saturated carbocycles. The standard InChI is InChI=1S/C21H24F2N2O5S/c1-29-19-5-3-4-15(20(19)30-2)13-24-21(26)14-8-10-25(11-9-14)31(27,28)16-6-7-17(22)18(23)12-16/h3-7,12,14H,8-11,13H2,1-2H3,(H,24,26). The van der Waals surface area contributed by atoms with Gasteiger partial charge in [0.1, 0.15) is 0 Å². The highest BCUT2D eigenvalue weighted by Crippen LogP contribution is 2.31. The van der Waals surface area contributed by atoms with Crippen LogP contribution < -0.4 is 14.8 Å². The highest BCUT2D eigenvalue weighted by atomic mass is 32.2. The molecule has 168 valence electrons. The van der Waals surface area contributed by atoms with Gasteiger partial charge in [-0.3, -0.25) is 4.79 Å². The second kappa shape index (κ2) is 9.61. The first-order chi connectivity index (χ1) is 14.8. The number of rotatable bonds is 7. The number of ether oxygens (including phenoxy) is 2. The minimum absolute atomic E-state index is 0.113. The fourth-order valence-corrected chi connectivity index (χ4v) is 5.05. The summed E-state index contributed by atoms with van der Waals surface area (Å²) in [7, 11) is -0.908. The van der Waals surface area contributed by atoms with Crippen LogP contribution in [0.4, 0.5) is 8.78 Å². The summed E-state index contributed by atoms with van der Waals surface area (Å²) in [5.41, 5.74) is 0.758. The van der Waals surface area contributed by atoms with Gasteiger partial charge >= 0.3 is 0 Å². The molecule has 1 amide bonds. The maximum absolute atomic E-state index is 13.4. The second-order valence-corrected chi connectivity index (χ2v) is 9.06. The molecule has 0 spiro atoms. The number of methoxy groups -OCH3 is 2. The Balaban J connectivity index is 1.59. The normalized spacial score (nSPS) is 15.5. The lowest BCUT2D eigenvalue weighted by atomic mass is 9.97. The van der Waals surface area contributed by atoms with Crippen molar-refractivity contribution in [2.75, 3.05) is 27.3 Å². The van der Waals surface area contributed by atoms with Crippen LogP contribution in [0.1, 0.15) is 18.4 Å². The van der Waals surface area contributed by atoms with Gasteiger partial charge in [-0.25, -0.2) is 17.2 Å². The molecule has 2 aromatic carbocycles. The number of carbonyl (C=O) groups excluding carboxylic acids is 1. The van der Waals surface area contributed by atoms with Crippen LogP contribution in [0.3, 0.4) is 0 Å². The van der Waals surface area contributed by atoms with Gasteiger partial charge in [0.05, 0.1) is 19.1 Å². The van der Waals surface area contributed by atoms with Crippen LogP contribution >= 0.6 is 0 Å². The highest BCUT2D eigenvalue weighted by molar-refractivity contribution is 7.89. The van der Waals surface area contributed by atoms with E-state index in [2.05, 4.69) is 5.32 Å². The summed E-state index contributed by atoms with van der Waals surface area (Å²) in [4.78, 5) is 12.3. The van der Waals surface area contributed by atoms with E-state index in [1.807, 2.05) is 6.07 Å². The smallest absolute Gasteiger partial charge is 0.243 e. The highest BCUT2D eigenvalue weighted by Gasteiger charge is 2.32. The Morgan fingerprint density at radius 3 is 2.42 bits per heavy atom. The molecule has 0 bridgehead atoms. The third kappa shape index (κ3) is 4.96. The van der Waals surface area contributed by atoms with Crippen molar-refractivity contribution in [2.24, 2.45) is 5.92 Å². The molecule has 0 radical (unpaired) electrons. The third-order valence-electron chi connectivity index (χ3n) is 5.29. The molecular formula is C21H24F2N2O5S. The average Bonchev–Trinajstić information content (AvgIpc) is 2.78. The number of benzene rings is 2. The predicted molar refractivity (Wildman–Crippen MR) is 109 cm³/mol. The monoisotopic (exact) mass is 454 g/mol. The van der Waals surface area contributed by atoms with Gasteiger partial charge < -0.3 is 14.8 Å². The molecule has 3 rings (SSSR count). The molecule has 1 aliphatic heterocycles. The van der Waals surface area contributed by atoms with Crippen LogP contribution in [0.15, 0.2) is 41.3 Å². The average molecular weight is 454 g/mol. The van der Waals surface area contributed by atoms with E-state index in [1.54, 1.807) is 12.1 Å². The van der Waals surface area contributed by atoms with Crippen LogP contribution in [-0.4, -0.2) is 45.9 Å². The number of piperidine rings is 1. The fraction of sp³-hybridized carbons (Fsp3) is 0.381. The molecule has 2 aromatic rings. The zero-order chi connectivity index (χ0) is 22.6. The minimum Gasteiger partial charge on any atom is -0.493 e. The molecule has 1 saturated heterocycles. The van der Waals surface area contributed by atoms with E-state index in [-0.39, 0.29) is 36.4 Å². The Bertz CT molecular complexity index is 1050. The number of carbonyl (C=O) groups is 1. The summed E-state index contributed by atoms with van der Waals surface area (Å²) in [5.74, 6) is -1.77. The first-order valence-corrected chi connectivity index (χ1v) is 11.1. The number of halogens is 2. The quantitative estimate of drug-likeness (QED) is 0.696. The molecule has 1 aliphatic rings. The summed E-state index contributed by atoms with van der Waals surface area (Å²) >= 11 is 0. The number of sulfonamides is 1. The van der Waals surface area contributed by atoms with Crippen molar-refractivity contribution in [3.05, 3.63) is 53.6 Å². The topological polar surface area (TPSA) is 84.9 Å². The first-order valence-electron chi connectivity index (χ1n) is 9.70. The van der Waals surface area contributed by atoms with Gasteiger partial charge in [0, 0.05) is 31.1 Å². The third-order valence-corrected chi connectivity index (χ3v) is 7.19. The van der Waals surface area contributed by atoms with Crippen LogP contribution in [0.2, 0.25) is 0 Å². The van der Waals surface area contributed by atoms with Gasteiger partial charge in [-0.15, -0.1) is 0 Å². The minimum atomic E-state index is -3.96. The molecule has 10 heteroatoms. The van der Waals surface area contributed by atoms with Crippen molar-refractivity contribution in [2.45, 2.75) is 24.3 Å². The maximum Gasteiger partial charge on any atom is 0.243 e. The summed E-state index contributed by atoms with van der Waals surface area (Å²) in [6, 6.07) is 7.87. The van der Waals surface area contributed by atoms with E-state index in [0.29, 0.717) is 30.4 Å². The molecular weight excluding hydrogens is 430 g/mol. The van der Waals surface area contributed by atoms with E-state index in [1.165, 1.54) is 18.5 Å². The van der Waals surface area contributed by atoms with Gasteiger partial charge in [-0.2, -0.15) is 4.31 Å². The second-order valence-electron chi connectivity index (χ2n) is 7.12. The lowest BCUT2D eigenvalue weighted by Crippen LogP contribution is -2.42. The van der Waals surface area contributed by atoms with Gasteiger partial charge in [0.2, 0.25) is 15.9 Å². The first kappa shape index (κ1) is 23.0. The number of nitrogens with zero attached hydrogens (tertiary/aromatic N) is 1. The summed E-state index contributed by atoms with van der Waals surface area (Å²) in [6.45, 7) is 0.469. The van der Waals surface area contributed by atoms with Gasteiger partial charge in [0.25, 0.3) is 0 Å². The summed E-state index contributed by atoms with van der Waals surface area (Å²) in [6.07, 6.45) is 0.647. The zero-order valence-electron chi connectivity index (χ0n) is 17.2. The molecule has 1 N–H and O–H groups in total. The number of para-hydroxylation sites is 1. The molecule has 0 aromatic heterocycles. The molecule has 1 fully saturated rings. The molecule has 1 heterocycles. The van der Waals surface area contributed by atoms with Crippen LogP contribution in [-0.2, 0) is 21.4 Å². The van der Waals surface area contributed by atoms with E-state index in [0.717, 1.165) is 17.7 Å². The number of hydrogen-bond donors (Lipinski definition) is 1. The van der Waals surface area contributed by atoms with Crippen molar-refractivity contribution >= 4 is 15.9 Å². The molecule has 0 unspecified atom stereocenters. The fourth-order valence-electron chi connectivity index (χ4n) is 3.56. The van der Waals surface area contributed by atoms with Gasteiger partial charge in [-0.05, 0) is 37.1 Å².